The number of amides is 1. The molecule has 0 aromatic carbocycles. The highest BCUT2D eigenvalue weighted by Gasteiger charge is 2.02. The Bertz CT molecular complexity index is 127. The Labute approximate surface area is 86.4 Å². The van der Waals surface area contributed by atoms with Gasteiger partial charge in [0.25, 0.3) is 0 Å². The first-order chi connectivity index (χ1) is 6.85. The number of carbonyl (C=O) groups is 1. The molecule has 0 rings (SSSR count). The Hall–Kier alpha value is -0.610. The van der Waals surface area contributed by atoms with Crippen LogP contribution in [0.25, 0.3) is 0 Å². The molecule has 0 spiro atoms. The molecule has 14 heavy (non-hydrogen) atoms. The molecule has 1 amide bonds. The van der Waals surface area contributed by atoms with Crippen molar-refractivity contribution in [2.45, 2.75) is 32.1 Å². The van der Waals surface area contributed by atoms with Gasteiger partial charge in [0.15, 0.2) is 0 Å². The summed E-state index contributed by atoms with van der Waals surface area (Å²) < 4.78 is 0. The number of nitrogens with two attached hydrogens (primary N) is 2. The lowest BCUT2D eigenvalue weighted by molar-refractivity contribution is -0.109. The van der Waals surface area contributed by atoms with E-state index < -0.39 is 0 Å². The minimum atomic E-state index is 0.489. The van der Waals surface area contributed by atoms with Gasteiger partial charge in [0.1, 0.15) is 0 Å². The summed E-state index contributed by atoms with van der Waals surface area (Å²) in [6.45, 7) is 2.19. The number of unbranched alkanes of at least 4 members (excludes halogenated alkanes) is 3. The maximum Gasteiger partial charge on any atom is 0.207 e. The second-order valence-electron chi connectivity index (χ2n) is 3.61. The van der Waals surface area contributed by atoms with E-state index in [1.807, 2.05) is 0 Å². The average Bonchev–Trinajstić information content (AvgIpc) is 2.22. The molecule has 84 valence electrons. The van der Waals surface area contributed by atoms with Crippen molar-refractivity contribution in [2.75, 3.05) is 19.6 Å². The maximum absolute atomic E-state index is 9.92. The summed E-state index contributed by atoms with van der Waals surface area (Å²) in [6.07, 6.45) is 6.52. The minimum Gasteiger partial charge on any atom is -0.359 e. The summed E-state index contributed by atoms with van der Waals surface area (Å²) in [7, 11) is 0. The van der Waals surface area contributed by atoms with Crippen LogP contribution in [0.15, 0.2) is 0 Å². The number of hydrogen-bond acceptors (Lipinski definition) is 3. The Kier molecular flexibility index (Phi) is 10.0. The average molecular weight is 201 g/mol. The van der Waals surface area contributed by atoms with Crippen molar-refractivity contribution in [2.24, 2.45) is 17.4 Å². The number of rotatable bonds is 10. The van der Waals surface area contributed by atoms with Crippen molar-refractivity contribution in [3.05, 3.63) is 0 Å². The SMILES string of the molecule is NCC(CN)CCCCCCNC=O. The van der Waals surface area contributed by atoms with E-state index in [9.17, 15) is 4.79 Å². The van der Waals surface area contributed by atoms with E-state index in [2.05, 4.69) is 5.32 Å². The molecule has 0 radical (unpaired) electrons. The third-order valence-electron chi connectivity index (χ3n) is 2.43. The van der Waals surface area contributed by atoms with Gasteiger partial charge in [0.05, 0.1) is 0 Å². The van der Waals surface area contributed by atoms with Gasteiger partial charge in [-0.05, 0) is 31.8 Å². The van der Waals surface area contributed by atoms with Crippen LogP contribution in [0.3, 0.4) is 0 Å². The first kappa shape index (κ1) is 13.4. The highest BCUT2D eigenvalue weighted by molar-refractivity contribution is 5.45. The summed E-state index contributed by atoms with van der Waals surface area (Å²) in [6, 6.07) is 0. The van der Waals surface area contributed by atoms with Gasteiger partial charge in [-0.15, -0.1) is 0 Å². The van der Waals surface area contributed by atoms with Gasteiger partial charge in [-0.3, -0.25) is 4.79 Å². The van der Waals surface area contributed by atoms with E-state index in [1.54, 1.807) is 0 Å². The van der Waals surface area contributed by atoms with E-state index in [4.69, 9.17) is 11.5 Å². The van der Waals surface area contributed by atoms with Gasteiger partial charge >= 0.3 is 0 Å². The fraction of sp³-hybridized carbons (Fsp3) is 0.900. The molecule has 0 aromatic rings. The molecule has 0 aliphatic rings. The molecule has 5 N–H and O–H groups in total. The quantitative estimate of drug-likeness (QED) is 0.349. The summed E-state index contributed by atoms with van der Waals surface area (Å²) in [5, 5.41) is 2.65. The monoisotopic (exact) mass is 201 g/mol. The number of carbonyl (C=O) groups excluding carboxylic acids is 1. The molecule has 0 saturated heterocycles. The van der Waals surface area contributed by atoms with Crippen LogP contribution in [0.4, 0.5) is 0 Å². The predicted molar refractivity (Wildman–Crippen MR) is 58.8 cm³/mol. The third kappa shape index (κ3) is 8.01. The van der Waals surface area contributed by atoms with Crippen molar-refractivity contribution in [3.63, 3.8) is 0 Å². The lowest BCUT2D eigenvalue weighted by atomic mass is 10.0. The molecular weight excluding hydrogens is 178 g/mol. The van der Waals surface area contributed by atoms with E-state index >= 15 is 0 Å². The minimum absolute atomic E-state index is 0.489. The van der Waals surface area contributed by atoms with E-state index in [1.165, 1.54) is 19.3 Å². The highest BCUT2D eigenvalue weighted by atomic mass is 16.1. The van der Waals surface area contributed by atoms with Crippen molar-refractivity contribution in [3.8, 4) is 0 Å². The molecule has 4 heteroatoms. The van der Waals surface area contributed by atoms with Crippen LogP contribution in [0.2, 0.25) is 0 Å². The molecular formula is C10H23N3O. The zero-order valence-corrected chi connectivity index (χ0v) is 8.87. The van der Waals surface area contributed by atoms with Crippen LogP contribution in [0, 0.1) is 5.92 Å². The van der Waals surface area contributed by atoms with Gasteiger partial charge in [-0.2, -0.15) is 0 Å². The molecule has 0 aromatic heterocycles. The largest absolute Gasteiger partial charge is 0.359 e. The highest BCUT2D eigenvalue weighted by Crippen LogP contribution is 2.08. The smallest absolute Gasteiger partial charge is 0.207 e. The molecule has 0 aliphatic carbocycles. The van der Waals surface area contributed by atoms with Gasteiger partial charge in [0.2, 0.25) is 6.41 Å². The Morgan fingerprint density at radius 1 is 1.07 bits per heavy atom. The van der Waals surface area contributed by atoms with Crippen molar-refractivity contribution in [1.29, 1.82) is 0 Å². The molecule has 0 unspecified atom stereocenters. The van der Waals surface area contributed by atoms with Crippen LogP contribution in [-0.2, 0) is 4.79 Å². The molecule has 0 aliphatic heterocycles. The van der Waals surface area contributed by atoms with E-state index in [-0.39, 0.29) is 0 Å². The molecule has 4 nitrogen and oxygen atoms in total. The van der Waals surface area contributed by atoms with Crippen molar-refractivity contribution in [1.82, 2.24) is 5.32 Å². The molecule has 0 saturated carbocycles. The van der Waals surface area contributed by atoms with Gasteiger partial charge in [-0.25, -0.2) is 0 Å². The van der Waals surface area contributed by atoms with Crippen molar-refractivity contribution < 1.29 is 4.79 Å². The third-order valence-corrected chi connectivity index (χ3v) is 2.43. The Morgan fingerprint density at radius 2 is 1.71 bits per heavy atom. The zero-order valence-electron chi connectivity index (χ0n) is 8.87. The Balaban J connectivity index is 3.08. The summed E-state index contributed by atoms with van der Waals surface area (Å²) in [5.74, 6) is 0.489. The first-order valence-electron chi connectivity index (χ1n) is 5.42. The predicted octanol–water partition coefficient (Wildman–Crippen LogP) is 0.216. The Morgan fingerprint density at radius 3 is 2.29 bits per heavy atom. The lowest BCUT2D eigenvalue weighted by Crippen LogP contribution is -2.23. The molecule has 0 fully saturated rings. The molecule has 0 bridgehead atoms. The standard InChI is InChI=1S/C10H23N3O/c11-7-10(8-12)5-3-1-2-4-6-13-9-14/h9-10H,1-8,11-12H2,(H,13,14). The molecule has 0 heterocycles. The van der Waals surface area contributed by atoms with E-state index in [0.717, 1.165) is 25.8 Å². The second kappa shape index (κ2) is 10.5. The second-order valence-corrected chi connectivity index (χ2v) is 3.61. The van der Waals surface area contributed by atoms with Gasteiger partial charge in [0, 0.05) is 6.54 Å². The summed E-state index contributed by atoms with van der Waals surface area (Å²) in [4.78, 5) is 9.92. The zero-order chi connectivity index (χ0) is 10.6. The normalized spacial score (nSPS) is 10.5. The first-order valence-corrected chi connectivity index (χ1v) is 5.42. The summed E-state index contributed by atoms with van der Waals surface area (Å²) in [5.41, 5.74) is 11.1. The van der Waals surface area contributed by atoms with Crippen LogP contribution in [0.1, 0.15) is 32.1 Å². The van der Waals surface area contributed by atoms with Crippen LogP contribution in [0.5, 0.6) is 0 Å². The van der Waals surface area contributed by atoms with Crippen LogP contribution < -0.4 is 16.8 Å². The fourth-order valence-electron chi connectivity index (χ4n) is 1.40. The number of hydrogen-bond donors (Lipinski definition) is 3. The van der Waals surface area contributed by atoms with Crippen LogP contribution in [-0.4, -0.2) is 26.0 Å². The van der Waals surface area contributed by atoms with Crippen LogP contribution >= 0.6 is 0 Å². The van der Waals surface area contributed by atoms with Gasteiger partial charge < -0.3 is 16.8 Å². The topological polar surface area (TPSA) is 81.1 Å². The van der Waals surface area contributed by atoms with E-state index in [0.29, 0.717) is 19.0 Å². The maximum atomic E-state index is 9.92. The summed E-state index contributed by atoms with van der Waals surface area (Å²) >= 11 is 0. The fourth-order valence-corrected chi connectivity index (χ4v) is 1.40. The number of nitrogens with one attached hydrogen (secondary N) is 1. The van der Waals surface area contributed by atoms with Gasteiger partial charge in [-0.1, -0.05) is 19.3 Å². The molecule has 0 atom stereocenters. The lowest BCUT2D eigenvalue weighted by Gasteiger charge is -2.10. The van der Waals surface area contributed by atoms with Crippen molar-refractivity contribution >= 4 is 6.41 Å².